The molecule has 0 aromatic heterocycles. The van der Waals surface area contributed by atoms with Gasteiger partial charge in [0, 0.05) is 0 Å². The molecule has 0 saturated heterocycles. The predicted octanol–water partition coefficient (Wildman–Crippen LogP) is 9.90. The van der Waals surface area contributed by atoms with Crippen molar-refractivity contribution in [3.63, 3.8) is 0 Å². The second-order valence-electron chi connectivity index (χ2n) is 10.9. The van der Waals surface area contributed by atoms with E-state index in [0.717, 1.165) is 0 Å². The Bertz CT molecular complexity index is 403. The van der Waals surface area contributed by atoms with Gasteiger partial charge in [0.15, 0.2) is 0 Å². The molecule has 0 unspecified atom stereocenters. The van der Waals surface area contributed by atoms with Crippen LogP contribution in [0.15, 0.2) is 10.2 Å². The van der Waals surface area contributed by atoms with Crippen LogP contribution >= 0.6 is 0 Å². The summed E-state index contributed by atoms with van der Waals surface area (Å²) in [5, 5.41) is 0.289. The molecule has 0 fully saturated rings. The first-order valence-corrected chi connectivity index (χ1v) is 23.6. The topological polar surface area (TPSA) is 9.23 Å². The van der Waals surface area contributed by atoms with Gasteiger partial charge in [-0.15, -0.1) is 0 Å². The molecule has 0 N–H and O–H groups in total. The molecule has 0 aromatic carbocycles. The van der Waals surface area contributed by atoms with Crippen molar-refractivity contribution in [1.82, 2.24) is 0 Å². The Kier molecular flexibility index (Phi) is 15.9. The van der Waals surface area contributed by atoms with Crippen LogP contribution in [0.4, 0.5) is 0 Å². The zero-order valence-electron chi connectivity index (χ0n) is 21.8. The summed E-state index contributed by atoms with van der Waals surface area (Å²) < 4.78 is 14.5. The molecule has 174 valence electrons. The van der Waals surface area contributed by atoms with Gasteiger partial charge in [0.05, 0.1) is 0 Å². The van der Waals surface area contributed by atoms with Gasteiger partial charge in [0.25, 0.3) is 0 Å². The molecule has 0 aromatic rings. The Labute approximate surface area is 190 Å². The number of unbranched alkanes of at least 4 members (excludes halogenated alkanes) is 5. The molecular weight excluding hydrogens is 475 g/mol. The fourth-order valence-electron chi connectivity index (χ4n) is 3.87. The van der Waals surface area contributed by atoms with Crippen LogP contribution in [0, 0.1) is 0 Å². The third-order valence-corrected chi connectivity index (χ3v) is 25.7. The molecule has 1 atom stereocenters. The summed E-state index contributed by atoms with van der Waals surface area (Å²) in [7, 11) is -1.73. The average molecular weight is 532 g/mol. The molecule has 0 rings (SSSR count). The number of hydrogen-bond donors (Lipinski definition) is 0. The minimum absolute atomic E-state index is 0.289. The van der Waals surface area contributed by atoms with Crippen LogP contribution in [0.5, 0.6) is 0 Å². The zero-order valence-corrected chi connectivity index (χ0v) is 25.7. The Morgan fingerprint density at radius 3 is 1.59 bits per heavy atom. The van der Waals surface area contributed by atoms with E-state index in [0.29, 0.717) is 6.10 Å². The Morgan fingerprint density at radius 2 is 1.21 bits per heavy atom. The fraction of sp³-hybridized carbons (Fsp3) is 0.923. The van der Waals surface area contributed by atoms with Gasteiger partial charge in [-0.3, -0.25) is 0 Å². The van der Waals surface area contributed by atoms with E-state index in [1.807, 2.05) is 0 Å². The molecule has 0 saturated carbocycles. The third kappa shape index (κ3) is 12.4. The van der Waals surface area contributed by atoms with E-state index < -0.39 is 26.7 Å². The maximum absolute atomic E-state index is 6.94. The van der Waals surface area contributed by atoms with E-state index in [9.17, 15) is 0 Å². The standard InChI is InChI=1S/C14H29OSi.3C4H9.Sn/c1-8-10-11-12-13(9-2)15-16(6,7)14(3,4)5;3*1-3-4-2;/h2,9,13H,8,10-12H2,1,3-7H3;3*1,3-4H2,2H3;/t13-;;;;/m1..../s1. The zero-order chi connectivity index (χ0) is 22.4. The summed E-state index contributed by atoms with van der Waals surface area (Å²) in [6, 6.07) is 0. The van der Waals surface area contributed by atoms with Crippen LogP contribution < -0.4 is 0 Å². The molecule has 29 heavy (non-hydrogen) atoms. The van der Waals surface area contributed by atoms with E-state index in [2.05, 4.69) is 71.7 Å². The van der Waals surface area contributed by atoms with Crippen LogP contribution in [0.2, 0.25) is 31.4 Å². The van der Waals surface area contributed by atoms with Crippen molar-refractivity contribution in [3.05, 3.63) is 10.2 Å². The van der Waals surface area contributed by atoms with E-state index in [1.165, 1.54) is 64.2 Å². The van der Waals surface area contributed by atoms with Crippen molar-refractivity contribution in [1.29, 1.82) is 0 Å². The van der Waals surface area contributed by atoms with Crippen molar-refractivity contribution in [2.24, 2.45) is 0 Å². The molecule has 1 nitrogen and oxygen atoms in total. The summed E-state index contributed by atoms with van der Waals surface area (Å²) in [6.45, 7) is 21.4. The summed E-state index contributed by atoms with van der Waals surface area (Å²) in [4.78, 5) is 0. The van der Waals surface area contributed by atoms with Crippen LogP contribution in [-0.4, -0.2) is 32.8 Å². The first kappa shape index (κ1) is 29.7. The van der Waals surface area contributed by atoms with Gasteiger partial charge in [-0.25, -0.2) is 0 Å². The first-order valence-electron chi connectivity index (χ1n) is 12.9. The van der Waals surface area contributed by atoms with E-state index in [1.54, 1.807) is 13.3 Å². The van der Waals surface area contributed by atoms with Gasteiger partial charge < -0.3 is 0 Å². The van der Waals surface area contributed by atoms with Crippen LogP contribution in [0.25, 0.3) is 0 Å². The second-order valence-corrected chi connectivity index (χ2v) is 28.7. The molecule has 0 aliphatic rings. The maximum atomic E-state index is 6.94. The Morgan fingerprint density at radius 1 is 0.759 bits per heavy atom. The van der Waals surface area contributed by atoms with Gasteiger partial charge in [0.1, 0.15) is 0 Å². The van der Waals surface area contributed by atoms with Gasteiger partial charge in [0.2, 0.25) is 0 Å². The first-order chi connectivity index (χ1) is 13.6. The fourth-order valence-corrected chi connectivity index (χ4v) is 19.6. The summed E-state index contributed by atoms with van der Waals surface area (Å²) in [5.41, 5.74) is 0. The van der Waals surface area contributed by atoms with Gasteiger partial charge in [-0.1, -0.05) is 0 Å². The molecular formula is C26H56OSiSn. The van der Waals surface area contributed by atoms with Gasteiger partial charge >= 0.3 is 192 Å². The molecule has 0 aliphatic heterocycles. The van der Waals surface area contributed by atoms with Crippen molar-refractivity contribution in [2.45, 2.75) is 150 Å². The monoisotopic (exact) mass is 532 g/mol. The van der Waals surface area contributed by atoms with Gasteiger partial charge in [-0.2, -0.15) is 0 Å². The predicted molar refractivity (Wildman–Crippen MR) is 140 cm³/mol. The molecule has 0 spiro atoms. The summed E-state index contributed by atoms with van der Waals surface area (Å²) in [5.74, 6) is 0. The van der Waals surface area contributed by atoms with Crippen LogP contribution in [-0.2, 0) is 4.43 Å². The summed E-state index contributed by atoms with van der Waals surface area (Å²) >= 11 is -2.22. The van der Waals surface area contributed by atoms with Crippen molar-refractivity contribution in [3.8, 4) is 0 Å². The molecule has 0 amide bonds. The van der Waals surface area contributed by atoms with E-state index in [-0.39, 0.29) is 5.04 Å². The molecule has 0 heterocycles. The number of hydrogen-bond acceptors (Lipinski definition) is 1. The third-order valence-electron chi connectivity index (χ3n) is 7.09. The van der Waals surface area contributed by atoms with Crippen molar-refractivity contribution in [2.75, 3.05) is 0 Å². The molecule has 3 heteroatoms. The van der Waals surface area contributed by atoms with E-state index in [4.69, 9.17) is 4.43 Å². The SMILES string of the molecule is CCCCC[C@@H](C=[CH][Sn]([CH2]CCC)([CH2]CCC)[CH2]CCC)O[Si](C)(C)C(C)(C)C. The molecule has 0 radical (unpaired) electrons. The molecule has 0 aliphatic carbocycles. The summed E-state index contributed by atoms with van der Waals surface area (Å²) in [6.07, 6.45) is 16.5. The average Bonchev–Trinajstić information content (AvgIpc) is 2.65. The quantitative estimate of drug-likeness (QED) is 0.134. The van der Waals surface area contributed by atoms with E-state index >= 15 is 0 Å². The molecule has 0 bridgehead atoms. The Balaban J connectivity index is 5.60. The van der Waals surface area contributed by atoms with Crippen LogP contribution in [0.1, 0.15) is 113 Å². The van der Waals surface area contributed by atoms with Gasteiger partial charge in [-0.05, 0) is 0 Å². The Hall–Kier alpha value is 0.716. The van der Waals surface area contributed by atoms with Crippen LogP contribution in [0.3, 0.4) is 0 Å². The number of rotatable bonds is 17. The normalized spacial score (nSPS) is 14.7. The van der Waals surface area contributed by atoms with Crippen molar-refractivity contribution < 1.29 is 4.43 Å². The second kappa shape index (κ2) is 15.5. The van der Waals surface area contributed by atoms with Crippen molar-refractivity contribution >= 4 is 26.7 Å². The minimum atomic E-state index is -2.22.